The van der Waals surface area contributed by atoms with Crippen LogP contribution in [0.15, 0.2) is 17.5 Å². The molecule has 5 unspecified atom stereocenters. The number of aliphatic hydroxyl groups excluding tert-OH is 1. The molecule has 0 bridgehead atoms. The SMILES string of the molecule is CC1CC(C)C(CN(C)C(C)Cc2cccs2)C(O)C1. The standard InChI is InChI=1S/C17H29NOS/c1-12-8-13(2)16(17(19)9-12)11-18(4)14(3)10-15-6-5-7-20-15/h5-7,12-14,16-17,19H,8-11H2,1-4H3. The molecule has 0 aliphatic heterocycles. The first kappa shape index (κ1) is 16.0. The third-order valence-corrected chi connectivity index (χ3v) is 5.87. The van der Waals surface area contributed by atoms with Crippen molar-refractivity contribution >= 4 is 11.3 Å². The summed E-state index contributed by atoms with van der Waals surface area (Å²) < 4.78 is 0. The Bertz CT molecular complexity index is 380. The maximum atomic E-state index is 10.4. The molecule has 1 aromatic rings. The maximum absolute atomic E-state index is 10.4. The molecule has 1 heterocycles. The summed E-state index contributed by atoms with van der Waals surface area (Å²) in [5, 5.41) is 12.5. The van der Waals surface area contributed by atoms with Crippen LogP contribution in [0.2, 0.25) is 0 Å². The predicted molar refractivity (Wildman–Crippen MR) is 87.2 cm³/mol. The molecule has 5 atom stereocenters. The maximum Gasteiger partial charge on any atom is 0.0585 e. The van der Waals surface area contributed by atoms with Crippen molar-refractivity contribution in [2.45, 2.75) is 52.2 Å². The second kappa shape index (κ2) is 7.06. The van der Waals surface area contributed by atoms with Crippen molar-refractivity contribution in [2.75, 3.05) is 13.6 Å². The number of hydrogen-bond donors (Lipinski definition) is 1. The lowest BCUT2D eigenvalue weighted by Crippen LogP contribution is -2.44. The van der Waals surface area contributed by atoms with E-state index in [1.165, 1.54) is 11.3 Å². The molecule has 114 valence electrons. The first-order valence-corrected chi connectivity index (χ1v) is 8.76. The van der Waals surface area contributed by atoms with Gasteiger partial charge in [-0.05, 0) is 56.5 Å². The number of likely N-dealkylation sites (N-methyl/N-ethyl adjacent to an activating group) is 1. The number of rotatable bonds is 5. The summed E-state index contributed by atoms with van der Waals surface area (Å²) in [6.07, 6.45) is 3.23. The molecule has 1 aromatic heterocycles. The molecule has 2 nitrogen and oxygen atoms in total. The van der Waals surface area contributed by atoms with Crippen LogP contribution < -0.4 is 0 Å². The zero-order valence-electron chi connectivity index (χ0n) is 13.2. The van der Waals surface area contributed by atoms with Crippen molar-refractivity contribution < 1.29 is 5.11 Å². The Balaban J connectivity index is 1.88. The van der Waals surface area contributed by atoms with E-state index in [0.717, 1.165) is 19.4 Å². The van der Waals surface area contributed by atoms with Gasteiger partial charge in [-0.1, -0.05) is 19.9 Å². The molecule has 1 saturated carbocycles. The lowest BCUT2D eigenvalue weighted by molar-refractivity contribution is -0.00305. The molecule has 0 radical (unpaired) electrons. The van der Waals surface area contributed by atoms with Crippen molar-refractivity contribution in [3.8, 4) is 0 Å². The first-order chi connectivity index (χ1) is 9.47. The van der Waals surface area contributed by atoms with Crippen LogP contribution in [-0.2, 0) is 6.42 Å². The van der Waals surface area contributed by atoms with E-state index in [2.05, 4.69) is 50.2 Å². The molecule has 0 aromatic carbocycles. The average molecular weight is 295 g/mol. The molecular weight excluding hydrogens is 266 g/mol. The normalized spacial score (nSPS) is 32.5. The second-order valence-corrected chi connectivity index (χ2v) is 7.89. The van der Waals surface area contributed by atoms with Crippen LogP contribution in [-0.4, -0.2) is 35.7 Å². The molecule has 1 fully saturated rings. The zero-order valence-corrected chi connectivity index (χ0v) is 14.1. The first-order valence-electron chi connectivity index (χ1n) is 7.88. The van der Waals surface area contributed by atoms with Gasteiger partial charge in [-0.2, -0.15) is 0 Å². The summed E-state index contributed by atoms with van der Waals surface area (Å²) in [7, 11) is 2.20. The number of thiophene rings is 1. The largest absolute Gasteiger partial charge is 0.393 e. The lowest BCUT2D eigenvalue weighted by Gasteiger charge is -2.40. The van der Waals surface area contributed by atoms with Crippen LogP contribution in [0.5, 0.6) is 0 Å². The van der Waals surface area contributed by atoms with Crippen LogP contribution in [0.25, 0.3) is 0 Å². The summed E-state index contributed by atoms with van der Waals surface area (Å²) in [6.45, 7) is 7.88. The quantitative estimate of drug-likeness (QED) is 0.896. The number of hydrogen-bond acceptors (Lipinski definition) is 3. The fraction of sp³-hybridized carbons (Fsp3) is 0.765. The van der Waals surface area contributed by atoms with Gasteiger partial charge in [0.15, 0.2) is 0 Å². The van der Waals surface area contributed by atoms with E-state index in [-0.39, 0.29) is 6.10 Å². The fourth-order valence-electron chi connectivity index (χ4n) is 3.56. The molecule has 1 N–H and O–H groups in total. The smallest absolute Gasteiger partial charge is 0.0585 e. The highest BCUT2D eigenvalue weighted by Crippen LogP contribution is 2.34. The van der Waals surface area contributed by atoms with E-state index in [4.69, 9.17) is 0 Å². The van der Waals surface area contributed by atoms with Gasteiger partial charge in [0.2, 0.25) is 0 Å². The Morgan fingerprint density at radius 3 is 2.75 bits per heavy atom. The van der Waals surface area contributed by atoms with Gasteiger partial charge in [-0.3, -0.25) is 0 Å². The minimum Gasteiger partial charge on any atom is -0.393 e. The third kappa shape index (κ3) is 4.06. The van der Waals surface area contributed by atoms with Crippen molar-refractivity contribution in [1.29, 1.82) is 0 Å². The van der Waals surface area contributed by atoms with Crippen molar-refractivity contribution in [2.24, 2.45) is 17.8 Å². The summed E-state index contributed by atoms with van der Waals surface area (Å²) in [6, 6.07) is 4.88. The highest BCUT2D eigenvalue weighted by Gasteiger charge is 2.33. The molecule has 0 saturated heterocycles. The van der Waals surface area contributed by atoms with E-state index < -0.39 is 0 Å². The fourth-order valence-corrected chi connectivity index (χ4v) is 4.39. The predicted octanol–water partition coefficient (Wildman–Crippen LogP) is 3.65. The minimum atomic E-state index is -0.120. The van der Waals surface area contributed by atoms with E-state index in [1.54, 1.807) is 0 Å². The van der Waals surface area contributed by atoms with Gasteiger partial charge in [0, 0.05) is 23.4 Å². The van der Waals surface area contributed by atoms with Gasteiger partial charge in [0.25, 0.3) is 0 Å². The molecule has 3 heteroatoms. The zero-order chi connectivity index (χ0) is 14.7. The van der Waals surface area contributed by atoms with Crippen LogP contribution in [0.4, 0.5) is 0 Å². The number of aliphatic hydroxyl groups is 1. The van der Waals surface area contributed by atoms with E-state index in [0.29, 0.717) is 23.8 Å². The molecule has 1 aliphatic carbocycles. The topological polar surface area (TPSA) is 23.5 Å². The highest BCUT2D eigenvalue weighted by molar-refractivity contribution is 7.09. The van der Waals surface area contributed by atoms with Crippen LogP contribution in [0.1, 0.15) is 38.5 Å². The summed E-state index contributed by atoms with van der Waals surface area (Å²) in [5.41, 5.74) is 0. The minimum absolute atomic E-state index is 0.120. The van der Waals surface area contributed by atoms with E-state index >= 15 is 0 Å². The highest BCUT2D eigenvalue weighted by atomic mass is 32.1. The Morgan fingerprint density at radius 1 is 1.40 bits per heavy atom. The van der Waals surface area contributed by atoms with E-state index in [9.17, 15) is 5.11 Å². The van der Waals surface area contributed by atoms with Crippen LogP contribution in [0, 0.1) is 17.8 Å². The molecule has 2 rings (SSSR count). The Kier molecular flexibility index (Phi) is 5.65. The lowest BCUT2D eigenvalue weighted by atomic mass is 9.73. The summed E-state index contributed by atoms with van der Waals surface area (Å²) in [5.74, 6) is 1.73. The molecule has 1 aliphatic rings. The Hall–Kier alpha value is -0.380. The van der Waals surface area contributed by atoms with Crippen molar-refractivity contribution in [3.05, 3.63) is 22.4 Å². The Labute approximate surface area is 127 Å². The average Bonchev–Trinajstić information content (AvgIpc) is 2.86. The van der Waals surface area contributed by atoms with Gasteiger partial charge < -0.3 is 10.0 Å². The van der Waals surface area contributed by atoms with Gasteiger partial charge in [-0.25, -0.2) is 0 Å². The van der Waals surface area contributed by atoms with Gasteiger partial charge >= 0.3 is 0 Å². The molecule has 0 amide bonds. The van der Waals surface area contributed by atoms with Crippen LogP contribution in [0.3, 0.4) is 0 Å². The summed E-state index contributed by atoms with van der Waals surface area (Å²) in [4.78, 5) is 3.88. The van der Waals surface area contributed by atoms with Gasteiger partial charge in [-0.15, -0.1) is 11.3 Å². The van der Waals surface area contributed by atoms with Gasteiger partial charge in [0.1, 0.15) is 0 Å². The summed E-state index contributed by atoms with van der Waals surface area (Å²) >= 11 is 1.84. The molecular formula is C17H29NOS. The van der Waals surface area contributed by atoms with Crippen molar-refractivity contribution in [3.63, 3.8) is 0 Å². The monoisotopic (exact) mass is 295 g/mol. The molecule has 20 heavy (non-hydrogen) atoms. The van der Waals surface area contributed by atoms with Crippen molar-refractivity contribution in [1.82, 2.24) is 4.90 Å². The van der Waals surface area contributed by atoms with E-state index in [1.807, 2.05) is 11.3 Å². The second-order valence-electron chi connectivity index (χ2n) is 6.86. The molecule has 0 spiro atoms. The third-order valence-electron chi connectivity index (χ3n) is 4.97. The number of nitrogens with zero attached hydrogens (tertiary/aromatic N) is 1. The van der Waals surface area contributed by atoms with Crippen LogP contribution >= 0.6 is 11.3 Å². The Morgan fingerprint density at radius 2 is 2.15 bits per heavy atom. The van der Waals surface area contributed by atoms with Gasteiger partial charge in [0.05, 0.1) is 6.10 Å².